The van der Waals surface area contributed by atoms with Crippen LogP contribution in [-0.4, -0.2) is 20.2 Å². The van der Waals surface area contributed by atoms with E-state index >= 15 is 0 Å². The van der Waals surface area contributed by atoms with Gasteiger partial charge in [-0.15, -0.1) is 0 Å². The summed E-state index contributed by atoms with van der Waals surface area (Å²) in [6.07, 6.45) is 3.54. The molecule has 3 aliphatic carbocycles. The van der Waals surface area contributed by atoms with Gasteiger partial charge in [0.05, 0.1) is 0 Å². The molecule has 0 amide bonds. The standard InChI is InChI=1S/C15H28O2Si/c1-11(16)14-8-15(9-14,10-14)12(2)17-18(6,7)13(3,4)5/h12H,8-10H2,1-7H3. The zero-order chi connectivity index (χ0) is 14.0. The van der Waals surface area contributed by atoms with E-state index in [1.807, 2.05) is 0 Å². The Morgan fingerprint density at radius 3 is 2.00 bits per heavy atom. The van der Waals surface area contributed by atoms with Gasteiger partial charge in [-0.1, -0.05) is 20.8 Å². The predicted octanol–water partition coefficient (Wildman–Crippen LogP) is 4.16. The van der Waals surface area contributed by atoms with Gasteiger partial charge in [-0.05, 0) is 56.7 Å². The summed E-state index contributed by atoms with van der Waals surface area (Å²) in [5.41, 5.74) is 0.395. The first-order chi connectivity index (χ1) is 7.94. The highest BCUT2D eigenvalue weighted by molar-refractivity contribution is 6.74. The average Bonchev–Trinajstić information content (AvgIpc) is 1.92. The molecule has 104 valence electrons. The third-order valence-corrected chi connectivity index (χ3v) is 10.5. The maximum Gasteiger partial charge on any atom is 0.192 e. The Morgan fingerprint density at radius 1 is 1.22 bits per heavy atom. The Kier molecular flexibility index (Phi) is 2.93. The van der Waals surface area contributed by atoms with E-state index < -0.39 is 8.32 Å². The van der Waals surface area contributed by atoms with Crippen LogP contribution >= 0.6 is 0 Å². The maximum absolute atomic E-state index is 11.6. The molecule has 0 aromatic rings. The molecule has 3 saturated carbocycles. The highest BCUT2D eigenvalue weighted by Gasteiger charge is 2.72. The van der Waals surface area contributed by atoms with Crippen LogP contribution < -0.4 is 0 Å². The Balaban J connectivity index is 1.97. The lowest BCUT2D eigenvalue weighted by Gasteiger charge is -2.72. The number of Topliss-reactive ketones (excluding diaryl/α,β-unsaturated/α-hetero) is 1. The van der Waals surface area contributed by atoms with Crippen molar-refractivity contribution in [1.29, 1.82) is 0 Å². The van der Waals surface area contributed by atoms with E-state index in [0.717, 1.165) is 19.3 Å². The van der Waals surface area contributed by atoms with Gasteiger partial charge >= 0.3 is 0 Å². The molecule has 0 aliphatic heterocycles. The van der Waals surface area contributed by atoms with Crippen LogP contribution in [0.2, 0.25) is 18.1 Å². The summed E-state index contributed by atoms with van der Waals surface area (Å²) in [6.45, 7) is 15.5. The lowest BCUT2D eigenvalue weighted by atomic mass is 9.33. The Labute approximate surface area is 113 Å². The minimum absolute atomic E-state index is 0.0606. The molecule has 0 saturated heterocycles. The smallest absolute Gasteiger partial charge is 0.192 e. The molecule has 1 atom stereocenters. The highest BCUT2D eigenvalue weighted by Crippen LogP contribution is 2.75. The second-order valence-electron chi connectivity index (χ2n) is 8.25. The van der Waals surface area contributed by atoms with Crippen molar-refractivity contribution in [3.63, 3.8) is 0 Å². The minimum atomic E-state index is -1.67. The molecular weight excluding hydrogens is 240 g/mol. The van der Waals surface area contributed by atoms with E-state index in [1.54, 1.807) is 6.92 Å². The molecule has 2 bridgehead atoms. The van der Waals surface area contributed by atoms with Crippen LogP contribution in [0.3, 0.4) is 0 Å². The topological polar surface area (TPSA) is 26.3 Å². The fourth-order valence-corrected chi connectivity index (χ4v) is 4.90. The first-order valence-corrected chi connectivity index (χ1v) is 10.0. The van der Waals surface area contributed by atoms with Crippen molar-refractivity contribution in [1.82, 2.24) is 0 Å². The second kappa shape index (κ2) is 3.69. The van der Waals surface area contributed by atoms with Crippen LogP contribution in [0.1, 0.15) is 53.9 Å². The summed E-state index contributed by atoms with van der Waals surface area (Å²) in [5.74, 6) is 0.393. The first-order valence-electron chi connectivity index (χ1n) is 7.13. The molecule has 0 radical (unpaired) electrons. The number of hydrogen-bond acceptors (Lipinski definition) is 2. The van der Waals surface area contributed by atoms with Gasteiger partial charge in [0.25, 0.3) is 0 Å². The second-order valence-corrected chi connectivity index (χ2v) is 13.0. The molecule has 3 aliphatic rings. The molecule has 0 aromatic carbocycles. The van der Waals surface area contributed by atoms with Gasteiger partial charge < -0.3 is 4.43 Å². The maximum atomic E-state index is 11.6. The van der Waals surface area contributed by atoms with Crippen LogP contribution in [0.25, 0.3) is 0 Å². The zero-order valence-electron chi connectivity index (χ0n) is 13.0. The predicted molar refractivity (Wildman–Crippen MR) is 77.1 cm³/mol. The molecule has 0 N–H and O–H groups in total. The van der Waals surface area contributed by atoms with Crippen molar-refractivity contribution in [2.24, 2.45) is 10.8 Å². The van der Waals surface area contributed by atoms with Crippen molar-refractivity contribution in [2.75, 3.05) is 0 Å². The van der Waals surface area contributed by atoms with E-state index in [2.05, 4.69) is 40.8 Å². The normalized spacial score (nSPS) is 36.6. The van der Waals surface area contributed by atoms with Gasteiger partial charge in [0.2, 0.25) is 0 Å². The summed E-state index contributed by atoms with van der Waals surface area (Å²) >= 11 is 0. The fourth-order valence-electron chi connectivity index (χ4n) is 3.41. The summed E-state index contributed by atoms with van der Waals surface area (Å²) in [5, 5.41) is 0.267. The lowest BCUT2D eigenvalue weighted by Crippen LogP contribution is -2.70. The molecule has 0 aromatic heterocycles. The molecule has 2 nitrogen and oxygen atoms in total. The number of hydrogen-bond donors (Lipinski definition) is 0. The van der Waals surface area contributed by atoms with Crippen LogP contribution in [0, 0.1) is 10.8 Å². The van der Waals surface area contributed by atoms with Crippen LogP contribution in [0.5, 0.6) is 0 Å². The zero-order valence-corrected chi connectivity index (χ0v) is 14.0. The third-order valence-electron chi connectivity index (χ3n) is 5.96. The quantitative estimate of drug-likeness (QED) is 0.716. The number of carbonyl (C=O) groups is 1. The van der Waals surface area contributed by atoms with Gasteiger partial charge in [0.1, 0.15) is 5.78 Å². The third kappa shape index (κ3) is 1.82. The summed E-state index contributed by atoms with van der Waals surface area (Å²) in [4.78, 5) is 11.6. The Hall–Kier alpha value is -0.153. The lowest BCUT2D eigenvalue weighted by molar-refractivity contribution is -0.235. The number of carbonyl (C=O) groups excluding carboxylic acids is 1. The van der Waals surface area contributed by atoms with Crippen molar-refractivity contribution < 1.29 is 9.22 Å². The molecule has 3 rings (SSSR count). The number of ketones is 1. The van der Waals surface area contributed by atoms with Crippen molar-refractivity contribution >= 4 is 14.1 Å². The van der Waals surface area contributed by atoms with Crippen molar-refractivity contribution in [2.45, 2.75) is 78.1 Å². The van der Waals surface area contributed by atoms with Gasteiger partial charge in [-0.2, -0.15) is 0 Å². The van der Waals surface area contributed by atoms with E-state index in [9.17, 15) is 4.79 Å². The van der Waals surface area contributed by atoms with Gasteiger partial charge in [0.15, 0.2) is 8.32 Å². The van der Waals surface area contributed by atoms with Crippen LogP contribution in [0.4, 0.5) is 0 Å². The largest absolute Gasteiger partial charge is 0.414 e. The Bertz CT molecular complexity index is 359. The first kappa shape index (κ1) is 14.3. The van der Waals surface area contributed by atoms with Crippen molar-refractivity contribution in [3.05, 3.63) is 0 Å². The molecule has 1 unspecified atom stereocenters. The van der Waals surface area contributed by atoms with Crippen LogP contribution in [0.15, 0.2) is 0 Å². The van der Waals surface area contributed by atoms with Gasteiger partial charge in [-0.25, -0.2) is 0 Å². The van der Waals surface area contributed by atoms with Gasteiger partial charge in [0, 0.05) is 11.5 Å². The summed E-state index contributed by atoms with van der Waals surface area (Å²) in [7, 11) is -1.67. The van der Waals surface area contributed by atoms with E-state index in [-0.39, 0.29) is 10.5 Å². The molecule has 3 fully saturated rings. The highest BCUT2D eigenvalue weighted by atomic mass is 28.4. The summed E-state index contributed by atoms with van der Waals surface area (Å²) in [6, 6.07) is 0. The van der Waals surface area contributed by atoms with Crippen molar-refractivity contribution in [3.8, 4) is 0 Å². The minimum Gasteiger partial charge on any atom is -0.414 e. The van der Waals surface area contributed by atoms with E-state index in [1.165, 1.54) is 0 Å². The average molecular weight is 268 g/mol. The molecule has 3 heteroatoms. The molecular formula is C15H28O2Si. The van der Waals surface area contributed by atoms with E-state index in [0.29, 0.717) is 17.3 Å². The fraction of sp³-hybridized carbons (Fsp3) is 0.933. The van der Waals surface area contributed by atoms with Gasteiger partial charge in [-0.3, -0.25) is 4.79 Å². The molecule has 18 heavy (non-hydrogen) atoms. The SMILES string of the molecule is CC(=O)C12CC(C(C)O[Si](C)(C)C(C)(C)C)(C1)C2. The van der Waals surface area contributed by atoms with E-state index in [4.69, 9.17) is 4.43 Å². The molecule has 0 heterocycles. The van der Waals surface area contributed by atoms with Crippen LogP contribution in [-0.2, 0) is 9.22 Å². The monoisotopic (exact) mass is 268 g/mol. The Morgan fingerprint density at radius 2 is 1.67 bits per heavy atom. The number of rotatable bonds is 4. The molecule has 0 spiro atoms. The summed E-state index contributed by atoms with van der Waals surface area (Å²) < 4.78 is 6.50.